The topological polar surface area (TPSA) is 96.0 Å². The molecule has 0 saturated carbocycles. The SMILES string of the molecule is CCOC(=O)c1nnc(SC)nc1Nc1ccc2[nH]cc(CCN(C)C)c2c1. The first kappa shape index (κ1) is 20.1. The van der Waals surface area contributed by atoms with E-state index in [1.807, 2.05) is 30.7 Å². The number of carbonyl (C=O) groups is 1. The molecule has 2 aromatic heterocycles. The monoisotopic (exact) mass is 400 g/mol. The maximum Gasteiger partial charge on any atom is 0.362 e. The number of hydrogen-bond acceptors (Lipinski definition) is 8. The average Bonchev–Trinajstić information content (AvgIpc) is 3.08. The number of thioether (sulfide) groups is 1. The van der Waals surface area contributed by atoms with Gasteiger partial charge in [0.1, 0.15) is 0 Å². The lowest BCUT2D eigenvalue weighted by Crippen LogP contribution is -2.14. The van der Waals surface area contributed by atoms with Crippen LogP contribution in [-0.2, 0) is 11.2 Å². The molecule has 0 aliphatic rings. The number of benzene rings is 1. The zero-order valence-corrected chi connectivity index (χ0v) is 17.3. The van der Waals surface area contributed by atoms with E-state index in [9.17, 15) is 4.79 Å². The summed E-state index contributed by atoms with van der Waals surface area (Å²) in [5.74, 6) is -0.213. The highest BCUT2D eigenvalue weighted by Crippen LogP contribution is 2.26. The number of nitrogens with one attached hydrogen (secondary N) is 2. The Kier molecular flexibility index (Phi) is 6.48. The molecule has 2 heterocycles. The molecule has 3 aromatic rings. The summed E-state index contributed by atoms with van der Waals surface area (Å²) in [5.41, 5.74) is 3.19. The first-order valence-corrected chi connectivity index (χ1v) is 10.2. The maximum absolute atomic E-state index is 12.2. The standard InChI is InChI=1S/C19H24N6O2S/c1-5-27-18(26)16-17(22-19(28-4)24-23-16)21-13-6-7-15-14(10-13)12(11-20-15)8-9-25(2)3/h6-7,10-11,20H,5,8-9H2,1-4H3,(H,21,22,24). The molecular formula is C19H24N6O2S. The number of aromatic nitrogens is 4. The highest BCUT2D eigenvalue weighted by molar-refractivity contribution is 7.98. The summed E-state index contributed by atoms with van der Waals surface area (Å²) in [6, 6.07) is 5.99. The molecule has 0 saturated heterocycles. The number of rotatable bonds is 8. The molecule has 148 valence electrons. The molecule has 2 N–H and O–H groups in total. The second-order valence-corrected chi connectivity index (χ2v) is 7.24. The van der Waals surface area contributed by atoms with Gasteiger partial charge in [-0.2, -0.15) is 0 Å². The van der Waals surface area contributed by atoms with E-state index < -0.39 is 5.97 Å². The number of likely N-dealkylation sites (N-methyl/N-ethyl adjacent to an activating group) is 1. The van der Waals surface area contributed by atoms with Crippen molar-refractivity contribution in [3.8, 4) is 0 Å². The minimum absolute atomic E-state index is 0.0710. The molecule has 0 aliphatic heterocycles. The molecule has 0 radical (unpaired) electrons. The van der Waals surface area contributed by atoms with Crippen molar-refractivity contribution in [2.75, 3.05) is 38.8 Å². The number of esters is 1. The van der Waals surface area contributed by atoms with Crippen molar-refractivity contribution in [1.29, 1.82) is 0 Å². The Balaban J connectivity index is 1.93. The number of anilines is 2. The Morgan fingerprint density at radius 2 is 2.14 bits per heavy atom. The Bertz CT molecular complexity index is 972. The first-order chi connectivity index (χ1) is 13.5. The third-order valence-electron chi connectivity index (χ3n) is 4.18. The highest BCUT2D eigenvalue weighted by Gasteiger charge is 2.18. The van der Waals surface area contributed by atoms with Gasteiger partial charge in [0, 0.05) is 29.3 Å². The Morgan fingerprint density at radius 3 is 2.86 bits per heavy atom. The normalized spacial score (nSPS) is 11.2. The van der Waals surface area contributed by atoms with Crippen molar-refractivity contribution in [2.24, 2.45) is 0 Å². The van der Waals surface area contributed by atoms with E-state index in [0.717, 1.165) is 29.6 Å². The van der Waals surface area contributed by atoms with E-state index in [4.69, 9.17) is 4.74 Å². The molecule has 0 unspecified atom stereocenters. The predicted molar refractivity (Wildman–Crippen MR) is 111 cm³/mol. The molecule has 28 heavy (non-hydrogen) atoms. The van der Waals surface area contributed by atoms with Gasteiger partial charge < -0.3 is 19.9 Å². The Morgan fingerprint density at radius 1 is 1.32 bits per heavy atom. The van der Waals surface area contributed by atoms with Crippen molar-refractivity contribution in [3.05, 3.63) is 35.7 Å². The molecule has 0 aliphatic carbocycles. The zero-order valence-electron chi connectivity index (χ0n) is 16.4. The van der Waals surface area contributed by atoms with Gasteiger partial charge >= 0.3 is 5.97 Å². The van der Waals surface area contributed by atoms with Crippen LogP contribution in [0.2, 0.25) is 0 Å². The quantitative estimate of drug-likeness (QED) is 0.440. The van der Waals surface area contributed by atoms with E-state index >= 15 is 0 Å². The van der Waals surface area contributed by atoms with Gasteiger partial charge in [-0.1, -0.05) is 11.8 Å². The second-order valence-electron chi connectivity index (χ2n) is 6.47. The summed E-state index contributed by atoms with van der Waals surface area (Å²) in [4.78, 5) is 22.1. The van der Waals surface area contributed by atoms with Crippen LogP contribution in [0.1, 0.15) is 23.0 Å². The van der Waals surface area contributed by atoms with Crippen LogP contribution in [0.4, 0.5) is 11.5 Å². The molecule has 8 nitrogen and oxygen atoms in total. The minimum Gasteiger partial charge on any atom is -0.461 e. The fourth-order valence-electron chi connectivity index (χ4n) is 2.77. The summed E-state index contributed by atoms with van der Waals surface area (Å²) < 4.78 is 5.07. The van der Waals surface area contributed by atoms with Crippen LogP contribution in [0, 0.1) is 0 Å². The summed E-state index contributed by atoms with van der Waals surface area (Å²) in [6.07, 6.45) is 4.84. The van der Waals surface area contributed by atoms with E-state index in [0.29, 0.717) is 11.0 Å². The summed E-state index contributed by atoms with van der Waals surface area (Å²) in [7, 11) is 4.12. The average molecular weight is 401 g/mol. The third-order valence-corrected chi connectivity index (χ3v) is 4.72. The third kappa shape index (κ3) is 4.60. The van der Waals surface area contributed by atoms with Gasteiger partial charge in [0.05, 0.1) is 6.61 Å². The van der Waals surface area contributed by atoms with Crippen LogP contribution < -0.4 is 5.32 Å². The van der Waals surface area contributed by atoms with Crippen molar-refractivity contribution < 1.29 is 9.53 Å². The van der Waals surface area contributed by atoms with Crippen LogP contribution in [-0.4, -0.2) is 64.5 Å². The molecule has 0 amide bonds. The lowest BCUT2D eigenvalue weighted by atomic mass is 10.1. The molecule has 1 aromatic carbocycles. The Hall–Kier alpha value is -2.65. The van der Waals surface area contributed by atoms with Crippen LogP contribution >= 0.6 is 11.8 Å². The van der Waals surface area contributed by atoms with Crippen molar-refractivity contribution in [1.82, 2.24) is 25.1 Å². The molecular weight excluding hydrogens is 376 g/mol. The van der Waals surface area contributed by atoms with Gasteiger partial charge in [-0.15, -0.1) is 10.2 Å². The van der Waals surface area contributed by atoms with Crippen LogP contribution in [0.15, 0.2) is 29.6 Å². The van der Waals surface area contributed by atoms with Gasteiger partial charge in [0.25, 0.3) is 0 Å². The number of H-pyrrole nitrogens is 1. The Labute approximate surface area is 168 Å². The van der Waals surface area contributed by atoms with Gasteiger partial charge in [-0.25, -0.2) is 9.78 Å². The predicted octanol–water partition coefficient (Wildman–Crippen LogP) is 3.10. The second kappa shape index (κ2) is 9.03. The maximum atomic E-state index is 12.2. The molecule has 3 rings (SSSR count). The van der Waals surface area contributed by atoms with Crippen molar-refractivity contribution >= 4 is 40.1 Å². The van der Waals surface area contributed by atoms with E-state index in [1.165, 1.54) is 17.3 Å². The minimum atomic E-state index is -0.549. The van der Waals surface area contributed by atoms with Crippen LogP contribution in [0.5, 0.6) is 0 Å². The zero-order chi connectivity index (χ0) is 20.1. The fourth-order valence-corrected chi connectivity index (χ4v) is 3.07. The lowest BCUT2D eigenvalue weighted by Gasteiger charge is -2.11. The lowest BCUT2D eigenvalue weighted by molar-refractivity contribution is 0.0518. The summed E-state index contributed by atoms with van der Waals surface area (Å²) >= 11 is 1.36. The van der Waals surface area contributed by atoms with Crippen molar-refractivity contribution in [2.45, 2.75) is 18.5 Å². The van der Waals surface area contributed by atoms with E-state index in [2.05, 4.69) is 44.5 Å². The smallest absolute Gasteiger partial charge is 0.362 e. The first-order valence-electron chi connectivity index (χ1n) is 8.99. The molecule has 9 heteroatoms. The van der Waals surface area contributed by atoms with Gasteiger partial charge in [-0.05, 0) is 57.5 Å². The number of ether oxygens (including phenoxy) is 1. The van der Waals surface area contributed by atoms with Gasteiger partial charge in [0.15, 0.2) is 5.82 Å². The fraction of sp³-hybridized carbons (Fsp3) is 0.368. The van der Waals surface area contributed by atoms with E-state index in [-0.39, 0.29) is 12.3 Å². The van der Waals surface area contributed by atoms with Crippen LogP contribution in [0.25, 0.3) is 10.9 Å². The molecule has 0 spiro atoms. The van der Waals surface area contributed by atoms with Gasteiger partial charge in [0.2, 0.25) is 10.9 Å². The number of fused-ring (bicyclic) bond motifs is 1. The molecule has 0 bridgehead atoms. The molecule has 0 fully saturated rings. The van der Waals surface area contributed by atoms with Gasteiger partial charge in [-0.3, -0.25) is 0 Å². The number of nitrogens with zero attached hydrogens (tertiary/aromatic N) is 4. The largest absolute Gasteiger partial charge is 0.461 e. The number of hydrogen-bond donors (Lipinski definition) is 2. The summed E-state index contributed by atoms with van der Waals surface area (Å²) in [5, 5.41) is 12.8. The number of aromatic amines is 1. The highest BCUT2D eigenvalue weighted by atomic mass is 32.2. The molecule has 0 atom stereocenters. The summed E-state index contributed by atoms with van der Waals surface area (Å²) in [6.45, 7) is 2.97. The van der Waals surface area contributed by atoms with Crippen molar-refractivity contribution in [3.63, 3.8) is 0 Å². The number of carbonyl (C=O) groups excluding carboxylic acids is 1. The van der Waals surface area contributed by atoms with E-state index in [1.54, 1.807) is 6.92 Å². The van der Waals surface area contributed by atoms with Crippen LogP contribution in [0.3, 0.4) is 0 Å².